The molecule has 142 valence electrons. The fraction of sp³-hybridized carbons (Fsp3) is 0.190. The van der Waals surface area contributed by atoms with E-state index in [1.165, 1.54) is 0 Å². The first-order valence-electron chi connectivity index (χ1n) is 9.09. The zero-order valence-electron chi connectivity index (χ0n) is 15.1. The summed E-state index contributed by atoms with van der Waals surface area (Å²) in [6.45, 7) is 0.580. The van der Waals surface area contributed by atoms with Crippen LogP contribution < -0.4 is 5.32 Å². The molecule has 1 aliphatic heterocycles. The summed E-state index contributed by atoms with van der Waals surface area (Å²) >= 11 is 3.37. The Hall–Kier alpha value is -2.93. The normalized spacial score (nSPS) is 16.2. The summed E-state index contributed by atoms with van der Waals surface area (Å²) in [5, 5.41) is 7.19. The minimum Gasteiger partial charge on any atom is -0.327 e. The predicted octanol–water partition coefficient (Wildman–Crippen LogP) is 3.88. The molecule has 1 fully saturated rings. The summed E-state index contributed by atoms with van der Waals surface area (Å²) < 4.78 is 2.62. The minimum atomic E-state index is -0.476. The van der Waals surface area contributed by atoms with Gasteiger partial charge >= 0.3 is 0 Å². The number of rotatable bonds is 4. The molecule has 1 aliphatic rings. The maximum Gasteiger partial charge on any atom is 0.254 e. The van der Waals surface area contributed by atoms with Gasteiger partial charge in [0.1, 0.15) is 6.04 Å². The van der Waals surface area contributed by atoms with Gasteiger partial charge in [-0.25, -0.2) is 4.68 Å². The lowest BCUT2D eigenvalue weighted by atomic mass is 10.1. The van der Waals surface area contributed by atoms with E-state index in [4.69, 9.17) is 0 Å². The van der Waals surface area contributed by atoms with E-state index in [1.54, 1.807) is 34.1 Å². The van der Waals surface area contributed by atoms with Gasteiger partial charge in [0, 0.05) is 16.6 Å². The molecule has 3 aromatic rings. The monoisotopic (exact) mass is 438 g/mol. The van der Waals surface area contributed by atoms with E-state index in [9.17, 15) is 9.59 Å². The number of benzene rings is 2. The van der Waals surface area contributed by atoms with Crippen LogP contribution in [-0.4, -0.2) is 39.1 Å². The smallest absolute Gasteiger partial charge is 0.254 e. The van der Waals surface area contributed by atoms with E-state index in [-0.39, 0.29) is 11.8 Å². The summed E-state index contributed by atoms with van der Waals surface area (Å²) in [4.78, 5) is 27.3. The van der Waals surface area contributed by atoms with Gasteiger partial charge in [-0.2, -0.15) is 5.10 Å². The highest BCUT2D eigenvalue weighted by atomic mass is 79.9. The second kappa shape index (κ2) is 7.98. The molecular formula is C21H19BrN4O2. The van der Waals surface area contributed by atoms with Crippen LogP contribution in [0.15, 0.2) is 71.5 Å². The van der Waals surface area contributed by atoms with E-state index < -0.39 is 6.04 Å². The van der Waals surface area contributed by atoms with Crippen LogP contribution in [0.5, 0.6) is 0 Å². The quantitative estimate of drug-likeness (QED) is 0.671. The number of hydrogen-bond donors (Lipinski definition) is 1. The number of anilines is 1. The molecule has 0 saturated carbocycles. The fourth-order valence-corrected chi connectivity index (χ4v) is 3.64. The lowest BCUT2D eigenvalue weighted by Gasteiger charge is -2.23. The molecule has 1 saturated heterocycles. The Morgan fingerprint density at radius 3 is 2.57 bits per heavy atom. The summed E-state index contributed by atoms with van der Waals surface area (Å²) in [7, 11) is 0. The maximum atomic E-state index is 12.8. The number of hydrogen-bond acceptors (Lipinski definition) is 3. The van der Waals surface area contributed by atoms with E-state index in [0.717, 1.165) is 16.6 Å². The van der Waals surface area contributed by atoms with Crippen LogP contribution in [0.1, 0.15) is 23.2 Å². The van der Waals surface area contributed by atoms with Crippen molar-refractivity contribution in [2.45, 2.75) is 18.9 Å². The van der Waals surface area contributed by atoms with E-state index >= 15 is 0 Å². The highest BCUT2D eigenvalue weighted by Gasteiger charge is 2.34. The third-order valence-electron chi connectivity index (χ3n) is 4.78. The predicted molar refractivity (Wildman–Crippen MR) is 110 cm³/mol. The lowest BCUT2D eigenvalue weighted by Crippen LogP contribution is -2.43. The second-order valence-electron chi connectivity index (χ2n) is 6.66. The van der Waals surface area contributed by atoms with Crippen LogP contribution in [0, 0.1) is 0 Å². The Morgan fingerprint density at radius 2 is 1.82 bits per heavy atom. The highest BCUT2D eigenvalue weighted by Crippen LogP contribution is 2.23. The van der Waals surface area contributed by atoms with Crippen LogP contribution in [0.4, 0.5) is 5.69 Å². The molecular weight excluding hydrogens is 420 g/mol. The standard InChI is InChI=1S/C21H19BrN4O2/c22-16-10-8-15(9-11-16)21(28)25-12-4-7-19(25)20(27)24-17-13-23-26(14-17)18-5-2-1-3-6-18/h1-3,5-6,8-11,13-14,19H,4,7,12H2,(H,24,27). The van der Waals surface area contributed by atoms with Crippen molar-refractivity contribution in [3.63, 3.8) is 0 Å². The summed E-state index contributed by atoms with van der Waals surface area (Å²) in [6, 6.07) is 16.4. The average molecular weight is 439 g/mol. The Morgan fingerprint density at radius 1 is 1.07 bits per heavy atom. The van der Waals surface area contributed by atoms with Gasteiger partial charge in [-0.3, -0.25) is 9.59 Å². The molecule has 1 N–H and O–H groups in total. The minimum absolute atomic E-state index is 0.120. The van der Waals surface area contributed by atoms with Crippen molar-refractivity contribution < 1.29 is 9.59 Å². The molecule has 2 amide bonds. The molecule has 7 heteroatoms. The summed E-state index contributed by atoms with van der Waals surface area (Å²) in [5.41, 5.74) is 2.10. The third-order valence-corrected chi connectivity index (χ3v) is 5.31. The van der Waals surface area contributed by atoms with Crippen LogP contribution in [-0.2, 0) is 4.79 Å². The molecule has 1 unspecified atom stereocenters. The van der Waals surface area contributed by atoms with Gasteiger partial charge in [-0.05, 0) is 49.2 Å². The average Bonchev–Trinajstić information content (AvgIpc) is 3.38. The van der Waals surface area contributed by atoms with Crippen molar-refractivity contribution in [1.29, 1.82) is 0 Å². The summed E-state index contributed by atoms with van der Waals surface area (Å²) in [5.74, 6) is -0.305. The number of nitrogens with one attached hydrogen (secondary N) is 1. The molecule has 0 aliphatic carbocycles. The van der Waals surface area contributed by atoms with Gasteiger partial charge in [0.05, 0.1) is 23.8 Å². The highest BCUT2D eigenvalue weighted by molar-refractivity contribution is 9.10. The van der Waals surface area contributed by atoms with E-state index in [1.807, 2.05) is 42.5 Å². The number of nitrogens with zero attached hydrogens (tertiary/aromatic N) is 3. The van der Waals surface area contributed by atoms with Crippen molar-refractivity contribution in [2.24, 2.45) is 0 Å². The largest absolute Gasteiger partial charge is 0.327 e. The molecule has 6 nitrogen and oxygen atoms in total. The Bertz CT molecular complexity index is 985. The van der Waals surface area contributed by atoms with E-state index in [2.05, 4.69) is 26.3 Å². The van der Waals surface area contributed by atoms with Crippen molar-refractivity contribution in [3.05, 3.63) is 77.0 Å². The van der Waals surface area contributed by atoms with Gasteiger partial charge in [0.25, 0.3) is 5.91 Å². The number of para-hydroxylation sites is 1. The van der Waals surface area contributed by atoms with Gasteiger partial charge in [0.2, 0.25) is 5.91 Å². The molecule has 4 rings (SSSR count). The first-order valence-corrected chi connectivity index (χ1v) is 9.88. The molecule has 1 aromatic heterocycles. The molecule has 2 heterocycles. The topological polar surface area (TPSA) is 67.2 Å². The number of likely N-dealkylation sites (tertiary alicyclic amines) is 1. The molecule has 0 radical (unpaired) electrons. The van der Waals surface area contributed by atoms with Crippen molar-refractivity contribution in [2.75, 3.05) is 11.9 Å². The molecule has 0 spiro atoms. The number of carbonyl (C=O) groups is 2. The Balaban J connectivity index is 1.46. The van der Waals surface area contributed by atoms with Crippen LogP contribution in [0.25, 0.3) is 5.69 Å². The third kappa shape index (κ3) is 3.84. The first kappa shape index (κ1) is 18.4. The SMILES string of the molecule is O=C(Nc1cnn(-c2ccccc2)c1)C1CCCN1C(=O)c1ccc(Br)cc1. The number of carbonyl (C=O) groups excluding carboxylic acids is 2. The summed E-state index contributed by atoms with van der Waals surface area (Å²) in [6.07, 6.45) is 4.84. The van der Waals surface area contributed by atoms with Crippen LogP contribution in [0.3, 0.4) is 0 Å². The first-order chi connectivity index (χ1) is 13.6. The van der Waals surface area contributed by atoms with Gasteiger partial charge in [-0.1, -0.05) is 34.1 Å². The Labute approximate surface area is 171 Å². The molecule has 1 atom stereocenters. The van der Waals surface area contributed by atoms with Crippen molar-refractivity contribution >= 4 is 33.4 Å². The maximum absolute atomic E-state index is 12.8. The Kier molecular flexibility index (Phi) is 5.25. The number of halogens is 1. The van der Waals surface area contributed by atoms with Gasteiger partial charge < -0.3 is 10.2 Å². The zero-order chi connectivity index (χ0) is 19.5. The second-order valence-corrected chi connectivity index (χ2v) is 7.58. The lowest BCUT2D eigenvalue weighted by molar-refractivity contribution is -0.119. The van der Waals surface area contributed by atoms with Crippen molar-refractivity contribution in [1.82, 2.24) is 14.7 Å². The molecule has 0 bridgehead atoms. The zero-order valence-corrected chi connectivity index (χ0v) is 16.7. The van der Waals surface area contributed by atoms with Gasteiger partial charge in [0.15, 0.2) is 0 Å². The number of aromatic nitrogens is 2. The number of amides is 2. The van der Waals surface area contributed by atoms with Gasteiger partial charge in [-0.15, -0.1) is 0 Å². The fourth-order valence-electron chi connectivity index (χ4n) is 3.38. The molecule has 2 aromatic carbocycles. The van der Waals surface area contributed by atoms with E-state index in [0.29, 0.717) is 24.2 Å². The van der Waals surface area contributed by atoms with Crippen LogP contribution >= 0.6 is 15.9 Å². The van der Waals surface area contributed by atoms with Crippen LogP contribution in [0.2, 0.25) is 0 Å². The molecule has 28 heavy (non-hydrogen) atoms. The van der Waals surface area contributed by atoms with Crippen molar-refractivity contribution in [3.8, 4) is 5.69 Å².